The van der Waals surface area contributed by atoms with Crippen molar-refractivity contribution in [2.24, 2.45) is 0 Å². The lowest BCUT2D eigenvalue weighted by Crippen LogP contribution is -2.40. The van der Waals surface area contributed by atoms with E-state index in [1.54, 1.807) is 0 Å². The van der Waals surface area contributed by atoms with E-state index < -0.39 is 0 Å². The van der Waals surface area contributed by atoms with Gasteiger partial charge in [0.25, 0.3) is 0 Å². The lowest BCUT2D eigenvalue weighted by Gasteiger charge is -2.35. The van der Waals surface area contributed by atoms with Gasteiger partial charge in [-0.2, -0.15) is 0 Å². The summed E-state index contributed by atoms with van der Waals surface area (Å²) in [7, 11) is 0. The van der Waals surface area contributed by atoms with Crippen molar-refractivity contribution in [3.8, 4) is 5.75 Å². The number of ether oxygens (including phenoxy) is 1. The molecule has 22 heavy (non-hydrogen) atoms. The average molecular weight is 305 g/mol. The third kappa shape index (κ3) is 4.99. The largest absolute Gasteiger partial charge is 0.494 e. The molecule has 3 heteroatoms. The van der Waals surface area contributed by atoms with Crippen molar-refractivity contribution >= 4 is 0 Å². The van der Waals surface area contributed by atoms with Crippen molar-refractivity contribution in [1.29, 1.82) is 0 Å². The van der Waals surface area contributed by atoms with Gasteiger partial charge in [-0.1, -0.05) is 32.4 Å². The highest BCUT2D eigenvalue weighted by Gasteiger charge is 2.21. The Bertz CT molecular complexity index is 418. The zero-order valence-electron chi connectivity index (χ0n) is 14.1. The first-order valence-electron chi connectivity index (χ1n) is 8.89. The van der Waals surface area contributed by atoms with E-state index in [0.717, 1.165) is 37.3 Å². The monoisotopic (exact) mass is 305 g/mol. The number of aliphatic hydroxyl groups excluding tert-OH is 1. The minimum absolute atomic E-state index is 0.375. The topological polar surface area (TPSA) is 32.7 Å². The van der Waals surface area contributed by atoms with Gasteiger partial charge < -0.3 is 14.7 Å². The van der Waals surface area contributed by atoms with Crippen molar-refractivity contribution in [2.75, 3.05) is 19.7 Å². The highest BCUT2D eigenvalue weighted by molar-refractivity contribution is 5.28. The first-order valence-corrected chi connectivity index (χ1v) is 8.89. The first kappa shape index (κ1) is 17.3. The molecule has 2 rings (SSSR count). The van der Waals surface area contributed by atoms with Gasteiger partial charge in [-0.3, -0.25) is 0 Å². The molecule has 0 radical (unpaired) electrons. The summed E-state index contributed by atoms with van der Waals surface area (Å²) < 4.78 is 5.58. The Morgan fingerprint density at radius 1 is 1.23 bits per heavy atom. The summed E-state index contributed by atoms with van der Waals surface area (Å²) >= 11 is 0. The van der Waals surface area contributed by atoms with E-state index in [9.17, 15) is 5.11 Å². The molecule has 0 amide bonds. The Balaban J connectivity index is 1.82. The van der Waals surface area contributed by atoms with Crippen LogP contribution in [0.4, 0.5) is 0 Å². The van der Waals surface area contributed by atoms with Gasteiger partial charge >= 0.3 is 0 Å². The molecule has 0 bridgehead atoms. The number of hydrogen-bond donors (Lipinski definition) is 1. The molecule has 1 aliphatic heterocycles. The maximum absolute atomic E-state index is 10.4. The molecule has 1 fully saturated rings. The van der Waals surface area contributed by atoms with Crippen molar-refractivity contribution in [1.82, 2.24) is 4.90 Å². The summed E-state index contributed by atoms with van der Waals surface area (Å²) in [5.41, 5.74) is 0.994. The molecular formula is C19H31NO2. The Kier molecular flexibility index (Phi) is 7.20. The van der Waals surface area contributed by atoms with E-state index in [1.165, 1.54) is 32.2 Å². The third-order valence-electron chi connectivity index (χ3n) is 4.65. The molecule has 1 aromatic rings. The Hall–Kier alpha value is -1.06. The minimum atomic E-state index is -0.375. The molecule has 1 aliphatic rings. The Morgan fingerprint density at radius 2 is 2.00 bits per heavy atom. The number of nitrogens with zero attached hydrogens (tertiary/aromatic N) is 1. The molecule has 1 saturated heterocycles. The maximum atomic E-state index is 10.4. The van der Waals surface area contributed by atoms with Crippen molar-refractivity contribution in [3.05, 3.63) is 29.8 Å². The van der Waals surface area contributed by atoms with Gasteiger partial charge in [0, 0.05) is 12.6 Å². The van der Waals surface area contributed by atoms with Gasteiger partial charge in [0.15, 0.2) is 0 Å². The van der Waals surface area contributed by atoms with Gasteiger partial charge in [-0.15, -0.1) is 0 Å². The molecule has 1 N–H and O–H groups in total. The zero-order valence-corrected chi connectivity index (χ0v) is 14.1. The van der Waals surface area contributed by atoms with E-state index in [-0.39, 0.29) is 6.10 Å². The van der Waals surface area contributed by atoms with Crippen LogP contribution in [0.15, 0.2) is 24.3 Å². The number of hydrogen-bond acceptors (Lipinski definition) is 3. The van der Waals surface area contributed by atoms with E-state index in [0.29, 0.717) is 6.04 Å². The smallest absolute Gasteiger partial charge is 0.119 e. The van der Waals surface area contributed by atoms with Gasteiger partial charge in [0.05, 0.1) is 12.7 Å². The maximum Gasteiger partial charge on any atom is 0.119 e. The minimum Gasteiger partial charge on any atom is -0.494 e. The van der Waals surface area contributed by atoms with Crippen LogP contribution in [-0.4, -0.2) is 35.7 Å². The van der Waals surface area contributed by atoms with Crippen LogP contribution in [0.5, 0.6) is 5.75 Å². The molecular weight excluding hydrogens is 274 g/mol. The Labute approximate surface area is 135 Å². The second-order valence-electron chi connectivity index (χ2n) is 6.32. The van der Waals surface area contributed by atoms with Gasteiger partial charge in [-0.05, 0) is 56.3 Å². The summed E-state index contributed by atoms with van der Waals surface area (Å²) in [5, 5.41) is 10.4. The number of piperidine rings is 1. The molecule has 0 saturated carbocycles. The van der Waals surface area contributed by atoms with Crippen LogP contribution in [-0.2, 0) is 0 Å². The fraction of sp³-hybridized carbons (Fsp3) is 0.684. The van der Waals surface area contributed by atoms with Gasteiger partial charge in [0.2, 0.25) is 0 Å². The van der Waals surface area contributed by atoms with Crippen molar-refractivity contribution in [3.63, 3.8) is 0 Å². The lowest BCUT2D eigenvalue weighted by molar-refractivity contribution is 0.101. The van der Waals surface area contributed by atoms with Crippen LogP contribution in [0.3, 0.4) is 0 Å². The van der Waals surface area contributed by atoms with Gasteiger partial charge in [0.1, 0.15) is 5.75 Å². The number of likely N-dealkylation sites (tertiary alicyclic amines) is 1. The van der Waals surface area contributed by atoms with E-state index in [1.807, 2.05) is 24.3 Å². The summed E-state index contributed by atoms with van der Waals surface area (Å²) in [6, 6.07) is 8.62. The van der Waals surface area contributed by atoms with Crippen LogP contribution in [0.2, 0.25) is 0 Å². The van der Waals surface area contributed by atoms with Gasteiger partial charge in [-0.25, -0.2) is 0 Å². The molecule has 1 aromatic carbocycles. The molecule has 124 valence electrons. The number of rotatable bonds is 8. The second-order valence-corrected chi connectivity index (χ2v) is 6.32. The number of benzene rings is 1. The van der Waals surface area contributed by atoms with Crippen molar-refractivity contribution < 1.29 is 9.84 Å². The lowest BCUT2D eigenvalue weighted by atomic mass is 9.98. The SMILES string of the molecule is CCCOc1ccc(C(O)CCN2CCCCC2CC)cc1. The predicted molar refractivity (Wildman–Crippen MR) is 91.3 cm³/mol. The fourth-order valence-electron chi connectivity index (χ4n) is 3.28. The van der Waals surface area contributed by atoms with Crippen LogP contribution < -0.4 is 4.74 Å². The van der Waals surface area contributed by atoms with Crippen LogP contribution in [0.1, 0.15) is 64.0 Å². The molecule has 0 aromatic heterocycles. The summed E-state index contributed by atoms with van der Waals surface area (Å²) in [4.78, 5) is 2.56. The highest BCUT2D eigenvalue weighted by Crippen LogP contribution is 2.24. The van der Waals surface area contributed by atoms with Crippen molar-refractivity contribution in [2.45, 2.75) is 64.5 Å². The van der Waals surface area contributed by atoms with Crippen LogP contribution >= 0.6 is 0 Å². The normalized spacial score (nSPS) is 20.8. The van der Waals surface area contributed by atoms with Crippen LogP contribution in [0, 0.1) is 0 Å². The van der Waals surface area contributed by atoms with E-state index in [4.69, 9.17) is 4.74 Å². The standard InChI is InChI=1S/C19H31NO2/c1-3-15-22-18-10-8-16(9-11-18)19(21)12-14-20-13-6-5-7-17(20)4-2/h8-11,17,19,21H,3-7,12-15H2,1-2H3. The third-order valence-corrected chi connectivity index (χ3v) is 4.65. The molecule has 1 heterocycles. The number of aliphatic hydroxyl groups is 1. The highest BCUT2D eigenvalue weighted by atomic mass is 16.5. The summed E-state index contributed by atoms with van der Waals surface area (Å²) in [6.45, 7) is 7.30. The Morgan fingerprint density at radius 3 is 2.68 bits per heavy atom. The molecule has 3 nitrogen and oxygen atoms in total. The molecule has 2 unspecified atom stereocenters. The van der Waals surface area contributed by atoms with Crippen LogP contribution in [0.25, 0.3) is 0 Å². The molecule has 0 aliphatic carbocycles. The van der Waals surface area contributed by atoms with E-state index >= 15 is 0 Å². The molecule has 0 spiro atoms. The second kappa shape index (κ2) is 9.16. The quantitative estimate of drug-likeness (QED) is 0.782. The summed E-state index contributed by atoms with van der Waals surface area (Å²) in [6.07, 6.45) is 6.65. The fourth-order valence-corrected chi connectivity index (χ4v) is 3.28. The first-order chi connectivity index (χ1) is 10.7. The predicted octanol–water partition coefficient (Wildman–Crippen LogP) is 4.16. The average Bonchev–Trinajstić information content (AvgIpc) is 2.58. The zero-order chi connectivity index (χ0) is 15.8. The summed E-state index contributed by atoms with van der Waals surface area (Å²) in [5.74, 6) is 0.889. The molecule has 2 atom stereocenters. The van der Waals surface area contributed by atoms with E-state index in [2.05, 4.69) is 18.7 Å².